The van der Waals surface area contributed by atoms with Crippen molar-refractivity contribution < 1.29 is 9.90 Å². The molecule has 1 aromatic heterocycles. The van der Waals surface area contributed by atoms with E-state index < -0.39 is 5.91 Å². The Balaban J connectivity index is 2.08. The smallest absolute Gasteiger partial charge is 0.254 e. The van der Waals surface area contributed by atoms with Crippen LogP contribution in [-0.4, -0.2) is 39.7 Å². The average molecular weight is 307 g/mol. The molecule has 0 aliphatic heterocycles. The molecule has 22 heavy (non-hydrogen) atoms. The molecule has 0 aromatic carbocycles. The average Bonchev–Trinajstić information content (AvgIpc) is 2.47. The second-order valence-corrected chi connectivity index (χ2v) is 6.24. The zero-order valence-electron chi connectivity index (χ0n) is 13.2. The third-order valence-electron chi connectivity index (χ3n) is 3.76. The summed E-state index contributed by atoms with van der Waals surface area (Å²) in [7, 11) is 0. The SMILES string of the molecule is CC(C)CNc1nc(N[C@H]2CC[C@H](O)CC2)ncc1C(N)=O. The molecular weight excluding hydrogens is 282 g/mol. The molecule has 0 bridgehead atoms. The number of primary amides is 1. The molecule has 1 fully saturated rings. The molecule has 1 saturated carbocycles. The normalized spacial score (nSPS) is 21.6. The van der Waals surface area contributed by atoms with E-state index in [9.17, 15) is 9.90 Å². The van der Waals surface area contributed by atoms with Crippen molar-refractivity contribution in [2.45, 2.75) is 51.7 Å². The van der Waals surface area contributed by atoms with Gasteiger partial charge in [0, 0.05) is 18.8 Å². The van der Waals surface area contributed by atoms with E-state index in [1.165, 1.54) is 6.20 Å². The molecule has 0 radical (unpaired) electrons. The first-order valence-corrected chi connectivity index (χ1v) is 7.81. The Hall–Kier alpha value is -1.89. The predicted octanol–water partition coefficient (Wildman–Crippen LogP) is 1.36. The molecule has 0 saturated heterocycles. The number of carbonyl (C=O) groups excluding carboxylic acids is 1. The van der Waals surface area contributed by atoms with E-state index in [0.717, 1.165) is 25.7 Å². The number of aliphatic hydroxyl groups is 1. The third kappa shape index (κ3) is 4.56. The first kappa shape index (κ1) is 16.5. The maximum Gasteiger partial charge on any atom is 0.254 e. The number of rotatable bonds is 6. The fourth-order valence-corrected chi connectivity index (χ4v) is 2.47. The number of hydrogen-bond donors (Lipinski definition) is 4. The maximum absolute atomic E-state index is 11.5. The number of aliphatic hydroxyl groups excluding tert-OH is 1. The van der Waals surface area contributed by atoms with Crippen LogP contribution in [0, 0.1) is 5.92 Å². The summed E-state index contributed by atoms with van der Waals surface area (Å²) in [6, 6.07) is 0.251. The van der Waals surface area contributed by atoms with Gasteiger partial charge >= 0.3 is 0 Å². The van der Waals surface area contributed by atoms with Gasteiger partial charge in [-0.15, -0.1) is 0 Å². The number of nitrogens with two attached hydrogens (primary N) is 1. The molecule has 2 rings (SSSR count). The highest BCUT2D eigenvalue weighted by molar-refractivity contribution is 5.97. The van der Waals surface area contributed by atoms with Crippen molar-refractivity contribution in [3.63, 3.8) is 0 Å². The Morgan fingerprint density at radius 3 is 2.68 bits per heavy atom. The van der Waals surface area contributed by atoms with Gasteiger partial charge < -0.3 is 21.5 Å². The lowest BCUT2D eigenvalue weighted by atomic mass is 9.93. The number of nitrogens with zero attached hydrogens (tertiary/aromatic N) is 2. The highest BCUT2D eigenvalue weighted by Crippen LogP contribution is 2.22. The largest absolute Gasteiger partial charge is 0.393 e. The van der Waals surface area contributed by atoms with Gasteiger partial charge in [-0.3, -0.25) is 4.79 Å². The van der Waals surface area contributed by atoms with E-state index in [4.69, 9.17) is 5.73 Å². The summed E-state index contributed by atoms with van der Waals surface area (Å²) in [5.41, 5.74) is 5.66. The van der Waals surface area contributed by atoms with Crippen LogP contribution in [0.5, 0.6) is 0 Å². The number of aromatic nitrogens is 2. The van der Waals surface area contributed by atoms with E-state index in [1.807, 2.05) is 0 Å². The Bertz CT molecular complexity index is 513. The lowest BCUT2D eigenvalue weighted by Crippen LogP contribution is -2.29. The zero-order chi connectivity index (χ0) is 16.1. The van der Waals surface area contributed by atoms with Crippen LogP contribution < -0.4 is 16.4 Å². The predicted molar refractivity (Wildman–Crippen MR) is 85.8 cm³/mol. The van der Waals surface area contributed by atoms with E-state index >= 15 is 0 Å². The van der Waals surface area contributed by atoms with E-state index in [1.54, 1.807) is 0 Å². The molecule has 0 spiro atoms. The van der Waals surface area contributed by atoms with Crippen LogP contribution in [0.3, 0.4) is 0 Å². The van der Waals surface area contributed by atoms with Crippen LogP contribution >= 0.6 is 0 Å². The van der Waals surface area contributed by atoms with Crippen LogP contribution in [0.15, 0.2) is 6.20 Å². The van der Waals surface area contributed by atoms with Crippen LogP contribution in [0.25, 0.3) is 0 Å². The van der Waals surface area contributed by atoms with Crippen molar-refractivity contribution in [3.8, 4) is 0 Å². The molecule has 0 unspecified atom stereocenters. The van der Waals surface area contributed by atoms with Gasteiger partial charge in [0.05, 0.1) is 11.7 Å². The first-order chi connectivity index (χ1) is 10.5. The molecule has 7 nitrogen and oxygen atoms in total. The number of amides is 1. The lowest BCUT2D eigenvalue weighted by Gasteiger charge is -2.26. The van der Waals surface area contributed by atoms with Crippen LogP contribution in [0.4, 0.5) is 11.8 Å². The standard InChI is InChI=1S/C15H25N5O2/c1-9(2)7-17-14-12(13(16)22)8-18-15(20-14)19-10-3-5-11(21)6-4-10/h8-11,21H,3-7H2,1-2H3,(H2,16,22)(H2,17,18,19,20)/t10-,11-. The Morgan fingerprint density at radius 2 is 2.09 bits per heavy atom. The summed E-state index contributed by atoms with van der Waals surface area (Å²) >= 11 is 0. The van der Waals surface area contributed by atoms with Gasteiger partial charge in [-0.25, -0.2) is 4.98 Å². The van der Waals surface area contributed by atoms with Crippen molar-refractivity contribution in [1.82, 2.24) is 9.97 Å². The highest BCUT2D eigenvalue weighted by atomic mass is 16.3. The summed E-state index contributed by atoms with van der Waals surface area (Å²) in [6.45, 7) is 4.85. The summed E-state index contributed by atoms with van der Waals surface area (Å²) in [5, 5.41) is 16.0. The second-order valence-electron chi connectivity index (χ2n) is 6.24. The molecular formula is C15H25N5O2. The highest BCUT2D eigenvalue weighted by Gasteiger charge is 2.20. The molecule has 1 aliphatic rings. The number of nitrogens with one attached hydrogen (secondary N) is 2. The van der Waals surface area contributed by atoms with Crippen molar-refractivity contribution in [1.29, 1.82) is 0 Å². The molecule has 0 atom stereocenters. The van der Waals surface area contributed by atoms with E-state index in [0.29, 0.717) is 29.8 Å². The fourth-order valence-electron chi connectivity index (χ4n) is 2.47. The van der Waals surface area contributed by atoms with Gasteiger partial charge in [0.15, 0.2) is 0 Å². The minimum atomic E-state index is -0.543. The van der Waals surface area contributed by atoms with Crippen LogP contribution in [0.2, 0.25) is 0 Å². The Labute approximate surface area is 130 Å². The van der Waals surface area contributed by atoms with Gasteiger partial charge in [-0.2, -0.15) is 4.98 Å². The molecule has 1 amide bonds. The lowest BCUT2D eigenvalue weighted by molar-refractivity contribution is 0.100. The maximum atomic E-state index is 11.5. The summed E-state index contributed by atoms with van der Waals surface area (Å²) in [6.07, 6.45) is 4.61. The molecule has 122 valence electrons. The topological polar surface area (TPSA) is 113 Å². The van der Waals surface area contributed by atoms with Crippen molar-refractivity contribution in [2.24, 2.45) is 11.7 Å². The summed E-state index contributed by atoms with van der Waals surface area (Å²) in [5.74, 6) is 0.831. The molecule has 1 aliphatic carbocycles. The third-order valence-corrected chi connectivity index (χ3v) is 3.76. The minimum Gasteiger partial charge on any atom is -0.393 e. The van der Waals surface area contributed by atoms with Crippen molar-refractivity contribution >= 4 is 17.7 Å². The first-order valence-electron chi connectivity index (χ1n) is 7.81. The van der Waals surface area contributed by atoms with Gasteiger partial charge in [-0.1, -0.05) is 13.8 Å². The van der Waals surface area contributed by atoms with Gasteiger partial charge in [-0.05, 0) is 31.6 Å². The van der Waals surface area contributed by atoms with Crippen LogP contribution in [0.1, 0.15) is 49.9 Å². The molecule has 7 heteroatoms. The molecule has 1 heterocycles. The van der Waals surface area contributed by atoms with Crippen molar-refractivity contribution in [3.05, 3.63) is 11.8 Å². The monoisotopic (exact) mass is 307 g/mol. The molecule has 1 aromatic rings. The van der Waals surface area contributed by atoms with Gasteiger partial charge in [0.1, 0.15) is 5.82 Å². The number of carbonyl (C=O) groups is 1. The zero-order valence-corrected chi connectivity index (χ0v) is 13.2. The Morgan fingerprint density at radius 1 is 1.41 bits per heavy atom. The van der Waals surface area contributed by atoms with Gasteiger partial charge in [0.25, 0.3) is 5.91 Å². The number of hydrogen-bond acceptors (Lipinski definition) is 6. The van der Waals surface area contributed by atoms with Crippen LogP contribution in [-0.2, 0) is 0 Å². The molecule has 5 N–H and O–H groups in total. The quantitative estimate of drug-likeness (QED) is 0.631. The number of anilines is 2. The van der Waals surface area contributed by atoms with Crippen molar-refractivity contribution in [2.75, 3.05) is 17.2 Å². The second kappa shape index (κ2) is 7.40. The fraction of sp³-hybridized carbons (Fsp3) is 0.667. The Kier molecular flexibility index (Phi) is 5.54. The van der Waals surface area contributed by atoms with Gasteiger partial charge in [0.2, 0.25) is 5.95 Å². The summed E-state index contributed by atoms with van der Waals surface area (Å²) in [4.78, 5) is 20.0. The van der Waals surface area contributed by atoms with E-state index in [-0.39, 0.29) is 12.1 Å². The minimum absolute atomic E-state index is 0.195. The van der Waals surface area contributed by atoms with E-state index in [2.05, 4.69) is 34.4 Å². The summed E-state index contributed by atoms with van der Waals surface area (Å²) < 4.78 is 0.